The molecule has 39 heavy (non-hydrogen) atoms. The van der Waals surface area contributed by atoms with E-state index < -0.39 is 11.9 Å². The molecule has 0 amide bonds. The van der Waals surface area contributed by atoms with Crippen molar-refractivity contribution in [2.45, 2.75) is 90.9 Å². The first-order chi connectivity index (χ1) is 18.4. The minimum atomic E-state index is -2.86. The molecule has 2 fully saturated rings. The Balaban J connectivity index is 1.36. The molecular weight excluding hydrogens is 496 g/mol. The summed E-state index contributed by atoms with van der Waals surface area (Å²) in [5.41, 5.74) is 3.50. The SMILES string of the molecule is CC(C)(C)CCCc1ccc(C(C)(F)F)cc1N1CCC(COc2cccc(C(CC(=O)O)C3CC3)c2)CC1. The quantitative estimate of drug-likeness (QED) is 0.293. The van der Waals surface area contributed by atoms with E-state index in [1.807, 2.05) is 30.3 Å². The van der Waals surface area contributed by atoms with E-state index in [1.54, 1.807) is 12.1 Å². The zero-order valence-electron chi connectivity index (χ0n) is 24.0. The Bertz CT molecular complexity index is 1110. The summed E-state index contributed by atoms with van der Waals surface area (Å²) in [6.07, 6.45) is 7.26. The van der Waals surface area contributed by atoms with E-state index in [1.165, 1.54) is 0 Å². The predicted molar refractivity (Wildman–Crippen MR) is 153 cm³/mol. The number of ether oxygens (including phenoxy) is 1. The van der Waals surface area contributed by atoms with Gasteiger partial charge in [0, 0.05) is 31.3 Å². The monoisotopic (exact) mass is 541 g/mol. The standard InChI is InChI=1S/C33H45F2NO3/c1-32(2,3)16-6-8-25-12-13-27(33(4,34)35)20-30(25)36-17-14-23(15-18-36)22-39-28-9-5-7-26(19-28)29(21-31(37)38)24-10-11-24/h5,7,9,12-13,19-20,23-24,29H,6,8,10-11,14-18,21-22H2,1-4H3,(H,37,38). The molecule has 4 nitrogen and oxygen atoms in total. The van der Waals surface area contributed by atoms with Crippen molar-refractivity contribution in [1.82, 2.24) is 0 Å². The highest BCUT2D eigenvalue weighted by molar-refractivity contribution is 5.68. The lowest BCUT2D eigenvalue weighted by atomic mass is 9.88. The Morgan fingerprint density at radius 2 is 1.77 bits per heavy atom. The smallest absolute Gasteiger partial charge is 0.303 e. The Morgan fingerprint density at radius 1 is 1.05 bits per heavy atom. The van der Waals surface area contributed by atoms with Crippen LogP contribution in [0, 0.1) is 17.3 Å². The number of halogens is 2. The molecule has 0 radical (unpaired) electrons. The van der Waals surface area contributed by atoms with Crippen LogP contribution < -0.4 is 9.64 Å². The first-order valence-corrected chi connectivity index (χ1v) is 14.6. The van der Waals surface area contributed by atoms with Crippen molar-refractivity contribution in [3.8, 4) is 5.75 Å². The highest BCUT2D eigenvalue weighted by atomic mass is 19.3. The highest BCUT2D eigenvalue weighted by Crippen LogP contribution is 2.45. The third kappa shape index (κ3) is 8.68. The maximum atomic E-state index is 14.2. The van der Waals surface area contributed by atoms with Gasteiger partial charge < -0.3 is 14.7 Å². The normalized spacial score (nSPS) is 17.7. The van der Waals surface area contributed by atoms with E-state index in [2.05, 4.69) is 25.7 Å². The zero-order valence-corrected chi connectivity index (χ0v) is 24.0. The Labute approximate surface area is 232 Å². The van der Waals surface area contributed by atoms with Crippen LogP contribution in [0.25, 0.3) is 0 Å². The minimum Gasteiger partial charge on any atom is -0.493 e. The van der Waals surface area contributed by atoms with Crippen LogP contribution in [0.5, 0.6) is 5.75 Å². The van der Waals surface area contributed by atoms with E-state index in [-0.39, 0.29) is 23.3 Å². The van der Waals surface area contributed by atoms with Crippen LogP contribution in [0.1, 0.15) is 95.2 Å². The molecule has 1 atom stereocenters. The fourth-order valence-corrected chi connectivity index (χ4v) is 5.78. The number of carboxylic acid groups (broad SMARTS) is 1. The number of benzene rings is 2. The lowest BCUT2D eigenvalue weighted by Gasteiger charge is -2.35. The van der Waals surface area contributed by atoms with E-state index in [0.717, 1.165) is 87.5 Å². The van der Waals surface area contributed by atoms with Crippen LogP contribution in [0.3, 0.4) is 0 Å². The maximum absolute atomic E-state index is 14.2. The van der Waals surface area contributed by atoms with Crippen molar-refractivity contribution in [1.29, 1.82) is 0 Å². The molecule has 1 saturated heterocycles. The number of carboxylic acids is 1. The maximum Gasteiger partial charge on any atom is 0.303 e. The molecule has 1 aliphatic heterocycles. The van der Waals surface area contributed by atoms with Gasteiger partial charge in [-0.05, 0) is 97.4 Å². The van der Waals surface area contributed by atoms with Gasteiger partial charge in [-0.15, -0.1) is 0 Å². The first kappa shape index (κ1) is 29.4. The van der Waals surface area contributed by atoms with Crippen LogP contribution in [0.2, 0.25) is 0 Å². The predicted octanol–water partition coefficient (Wildman–Crippen LogP) is 8.43. The summed E-state index contributed by atoms with van der Waals surface area (Å²) in [7, 11) is 0. The van der Waals surface area contributed by atoms with Gasteiger partial charge in [0.25, 0.3) is 5.92 Å². The van der Waals surface area contributed by atoms with Gasteiger partial charge in [-0.3, -0.25) is 4.79 Å². The fraction of sp³-hybridized carbons (Fsp3) is 0.606. The third-order valence-electron chi connectivity index (χ3n) is 8.28. The first-order valence-electron chi connectivity index (χ1n) is 14.6. The minimum absolute atomic E-state index is 0.0538. The van der Waals surface area contributed by atoms with Gasteiger partial charge in [0.2, 0.25) is 0 Å². The number of hydrogen-bond donors (Lipinski definition) is 1. The average molecular weight is 542 g/mol. The third-order valence-corrected chi connectivity index (χ3v) is 8.28. The molecule has 1 N–H and O–H groups in total. The highest BCUT2D eigenvalue weighted by Gasteiger charge is 2.34. The van der Waals surface area contributed by atoms with Gasteiger partial charge in [0.1, 0.15) is 5.75 Å². The molecule has 0 bridgehead atoms. The van der Waals surface area contributed by atoms with Crippen LogP contribution in [-0.4, -0.2) is 30.8 Å². The van der Waals surface area contributed by atoms with Crippen LogP contribution >= 0.6 is 0 Å². The second-order valence-corrected chi connectivity index (χ2v) is 13.0. The number of carbonyl (C=O) groups is 1. The molecule has 2 aromatic carbocycles. The van der Waals surface area contributed by atoms with E-state index in [9.17, 15) is 18.7 Å². The number of piperidine rings is 1. The molecule has 0 spiro atoms. The average Bonchev–Trinajstić information content (AvgIpc) is 3.71. The van der Waals surface area contributed by atoms with Gasteiger partial charge in [0.15, 0.2) is 0 Å². The second-order valence-electron chi connectivity index (χ2n) is 13.0. The van der Waals surface area contributed by atoms with Gasteiger partial charge in [-0.2, -0.15) is 0 Å². The van der Waals surface area contributed by atoms with Crippen molar-refractivity contribution in [2.24, 2.45) is 17.3 Å². The molecular formula is C33H45F2NO3. The van der Waals surface area contributed by atoms with Crippen molar-refractivity contribution < 1.29 is 23.4 Å². The van der Waals surface area contributed by atoms with E-state index in [4.69, 9.17) is 4.74 Å². The van der Waals surface area contributed by atoms with Crippen molar-refractivity contribution in [3.05, 3.63) is 59.2 Å². The summed E-state index contributed by atoms with van der Waals surface area (Å²) in [5.74, 6) is -1.91. The lowest BCUT2D eigenvalue weighted by Crippen LogP contribution is -2.36. The van der Waals surface area contributed by atoms with Crippen molar-refractivity contribution in [2.75, 3.05) is 24.6 Å². The van der Waals surface area contributed by atoms with Crippen molar-refractivity contribution in [3.63, 3.8) is 0 Å². The van der Waals surface area contributed by atoms with Crippen LogP contribution in [0.4, 0.5) is 14.5 Å². The summed E-state index contributed by atoms with van der Waals surface area (Å²) < 4.78 is 34.6. The number of alkyl halides is 2. The molecule has 1 saturated carbocycles. The molecule has 214 valence electrons. The summed E-state index contributed by atoms with van der Waals surface area (Å²) >= 11 is 0. The lowest BCUT2D eigenvalue weighted by molar-refractivity contribution is -0.137. The van der Waals surface area contributed by atoms with Crippen LogP contribution in [-0.2, 0) is 17.1 Å². The molecule has 1 unspecified atom stereocenters. The second kappa shape index (κ2) is 12.3. The zero-order chi connectivity index (χ0) is 28.2. The summed E-state index contributed by atoms with van der Waals surface area (Å²) in [5, 5.41) is 9.34. The molecule has 6 heteroatoms. The molecule has 0 aromatic heterocycles. The van der Waals surface area contributed by atoms with Crippen molar-refractivity contribution >= 4 is 11.7 Å². The topological polar surface area (TPSA) is 49.8 Å². The Hall–Kier alpha value is -2.63. The summed E-state index contributed by atoms with van der Waals surface area (Å²) in [4.78, 5) is 13.7. The molecule has 2 aromatic rings. The Morgan fingerprint density at radius 3 is 2.38 bits per heavy atom. The van der Waals surface area contributed by atoms with E-state index in [0.29, 0.717) is 18.4 Å². The number of hydrogen-bond acceptors (Lipinski definition) is 3. The van der Waals surface area contributed by atoms with E-state index >= 15 is 0 Å². The molecule has 1 heterocycles. The summed E-state index contributed by atoms with van der Waals surface area (Å²) in [6, 6.07) is 13.2. The van der Waals surface area contributed by atoms with Crippen LogP contribution in [0.15, 0.2) is 42.5 Å². The number of aliphatic carboxylic acids is 1. The number of anilines is 1. The fourth-order valence-electron chi connectivity index (χ4n) is 5.78. The number of nitrogens with zero attached hydrogens (tertiary/aromatic N) is 1. The number of aryl methyl sites for hydroxylation is 1. The number of rotatable bonds is 12. The Kier molecular flexibility index (Phi) is 9.23. The molecule has 4 rings (SSSR count). The van der Waals surface area contributed by atoms with Gasteiger partial charge >= 0.3 is 5.97 Å². The molecule has 1 aliphatic carbocycles. The van der Waals surface area contributed by atoms with Gasteiger partial charge in [0.05, 0.1) is 13.0 Å². The van der Waals surface area contributed by atoms with Gasteiger partial charge in [-0.1, -0.05) is 45.0 Å². The summed E-state index contributed by atoms with van der Waals surface area (Å²) in [6.45, 7) is 9.93. The molecule has 2 aliphatic rings. The van der Waals surface area contributed by atoms with Gasteiger partial charge in [-0.25, -0.2) is 8.78 Å². The largest absolute Gasteiger partial charge is 0.493 e.